The Morgan fingerprint density at radius 1 is 1.50 bits per heavy atom. The lowest BCUT2D eigenvalue weighted by Gasteiger charge is -2.44. The zero-order chi connectivity index (χ0) is 13.2. The fraction of sp³-hybridized carbons (Fsp3) is 0.429. The molecule has 0 spiro atoms. The van der Waals surface area contributed by atoms with Crippen molar-refractivity contribution in [2.45, 2.75) is 19.4 Å². The fourth-order valence-corrected chi connectivity index (χ4v) is 2.26. The number of morpholine rings is 1. The third-order valence-electron chi connectivity index (χ3n) is 3.21. The second kappa shape index (κ2) is 4.79. The van der Waals surface area contributed by atoms with E-state index in [1.807, 2.05) is 6.07 Å². The van der Waals surface area contributed by atoms with Gasteiger partial charge in [-0.15, -0.1) is 0 Å². The fourth-order valence-electron chi connectivity index (χ4n) is 2.26. The van der Waals surface area contributed by atoms with E-state index in [1.165, 1.54) is 0 Å². The molecule has 0 aromatic heterocycles. The van der Waals surface area contributed by atoms with Crippen molar-refractivity contribution in [3.8, 4) is 6.07 Å². The first kappa shape index (κ1) is 12.6. The minimum Gasteiger partial charge on any atom is -0.377 e. The summed E-state index contributed by atoms with van der Waals surface area (Å²) in [5, 5.41) is 9.22. The van der Waals surface area contributed by atoms with Gasteiger partial charge in [0.25, 0.3) is 0 Å². The summed E-state index contributed by atoms with van der Waals surface area (Å²) in [6, 6.07) is 7.38. The van der Waals surface area contributed by atoms with Gasteiger partial charge in [0.15, 0.2) is 0 Å². The summed E-state index contributed by atoms with van der Waals surface area (Å²) < 4.78 is 5.47. The highest BCUT2D eigenvalue weighted by Crippen LogP contribution is 2.30. The average molecular weight is 244 g/mol. The molecule has 1 fully saturated rings. The number of carbonyl (C=O) groups excluding carboxylic acids is 1. The lowest BCUT2D eigenvalue weighted by atomic mass is 9.99. The third kappa shape index (κ3) is 2.22. The van der Waals surface area contributed by atoms with Crippen LogP contribution in [-0.4, -0.2) is 31.6 Å². The Bertz CT molecular complexity index is 503. The van der Waals surface area contributed by atoms with Crippen LogP contribution in [0.1, 0.15) is 29.8 Å². The molecule has 0 saturated carbocycles. The number of hydrogen-bond acceptors (Lipinski definition) is 4. The SMILES string of the molecule is CC1(C)COCCN1c1ccc(C=O)cc1C#N. The highest BCUT2D eigenvalue weighted by atomic mass is 16.5. The normalized spacial score (nSPS) is 18.2. The first-order valence-corrected chi connectivity index (χ1v) is 5.93. The van der Waals surface area contributed by atoms with Crippen LogP contribution >= 0.6 is 0 Å². The van der Waals surface area contributed by atoms with Gasteiger partial charge in [0, 0.05) is 12.1 Å². The van der Waals surface area contributed by atoms with Gasteiger partial charge in [0.05, 0.1) is 30.0 Å². The Hall–Kier alpha value is -1.86. The van der Waals surface area contributed by atoms with Crippen LogP contribution in [0.4, 0.5) is 5.69 Å². The number of carbonyl (C=O) groups is 1. The number of benzene rings is 1. The van der Waals surface area contributed by atoms with Crippen molar-refractivity contribution < 1.29 is 9.53 Å². The Kier molecular flexibility index (Phi) is 3.35. The van der Waals surface area contributed by atoms with Gasteiger partial charge in [-0.2, -0.15) is 5.26 Å². The molecule has 1 aliphatic rings. The molecule has 0 atom stereocenters. The summed E-state index contributed by atoms with van der Waals surface area (Å²) in [6.45, 7) is 6.21. The van der Waals surface area contributed by atoms with Gasteiger partial charge < -0.3 is 9.64 Å². The topological polar surface area (TPSA) is 53.3 Å². The molecule has 4 heteroatoms. The highest BCUT2D eigenvalue weighted by Gasteiger charge is 2.31. The molecular weight excluding hydrogens is 228 g/mol. The van der Waals surface area contributed by atoms with E-state index in [-0.39, 0.29) is 5.54 Å². The molecule has 94 valence electrons. The van der Waals surface area contributed by atoms with Crippen molar-refractivity contribution in [2.24, 2.45) is 0 Å². The van der Waals surface area contributed by atoms with Crippen LogP contribution in [0.25, 0.3) is 0 Å². The third-order valence-corrected chi connectivity index (χ3v) is 3.21. The standard InChI is InChI=1S/C14H16N2O2/c1-14(2)10-18-6-5-16(14)13-4-3-11(9-17)7-12(13)8-15/h3-4,7,9H,5-6,10H2,1-2H3. The number of anilines is 1. The molecular formula is C14H16N2O2. The summed E-state index contributed by atoms with van der Waals surface area (Å²) >= 11 is 0. The molecule has 0 radical (unpaired) electrons. The minimum absolute atomic E-state index is 0.146. The van der Waals surface area contributed by atoms with Crippen molar-refractivity contribution >= 4 is 12.0 Å². The largest absolute Gasteiger partial charge is 0.377 e. The highest BCUT2D eigenvalue weighted by molar-refractivity contribution is 5.78. The molecule has 1 saturated heterocycles. The monoisotopic (exact) mass is 244 g/mol. The second-order valence-corrected chi connectivity index (χ2v) is 5.02. The van der Waals surface area contributed by atoms with Crippen LogP contribution in [0.3, 0.4) is 0 Å². The van der Waals surface area contributed by atoms with Gasteiger partial charge in [-0.05, 0) is 32.0 Å². The van der Waals surface area contributed by atoms with E-state index in [1.54, 1.807) is 12.1 Å². The number of aldehydes is 1. The van der Waals surface area contributed by atoms with Crippen LogP contribution in [0, 0.1) is 11.3 Å². The van der Waals surface area contributed by atoms with E-state index in [4.69, 9.17) is 4.74 Å². The zero-order valence-electron chi connectivity index (χ0n) is 10.6. The zero-order valence-corrected chi connectivity index (χ0v) is 10.6. The maximum absolute atomic E-state index is 10.7. The van der Waals surface area contributed by atoms with E-state index in [0.29, 0.717) is 24.3 Å². The number of ether oxygens (including phenoxy) is 1. The van der Waals surface area contributed by atoms with Crippen molar-refractivity contribution in [1.82, 2.24) is 0 Å². The van der Waals surface area contributed by atoms with Crippen molar-refractivity contribution in [3.05, 3.63) is 29.3 Å². The van der Waals surface area contributed by atoms with Crippen LogP contribution in [-0.2, 0) is 4.74 Å². The van der Waals surface area contributed by atoms with Crippen LogP contribution in [0.5, 0.6) is 0 Å². The molecule has 4 nitrogen and oxygen atoms in total. The van der Waals surface area contributed by atoms with E-state index >= 15 is 0 Å². The average Bonchev–Trinajstić information content (AvgIpc) is 2.37. The lowest BCUT2D eigenvalue weighted by Crippen LogP contribution is -2.53. The van der Waals surface area contributed by atoms with E-state index in [9.17, 15) is 10.1 Å². The quantitative estimate of drug-likeness (QED) is 0.746. The molecule has 0 unspecified atom stereocenters. The van der Waals surface area contributed by atoms with Crippen LogP contribution in [0.15, 0.2) is 18.2 Å². The van der Waals surface area contributed by atoms with Gasteiger partial charge in [-0.25, -0.2) is 0 Å². The number of nitriles is 1. The predicted octanol–water partition coefficient (Wildman–Crippen LogP) is 1.99. The van der Waals surface area contributed by atoms with E-state index in [2.05, 4.69) is 24.8 Å². The van der Waals surface area contributed by atoms with Gasteiger partial charge in [0.1, 0.15) is 12.4 Å². The van der Waals surface area contributed by atoms with E-state index < -0.39 is 0 Å². The van der Waals surface area contributed by atoms with Gasteiger partial charge in [-0.3, -0.25) is 4.79 Å². The molecule has 18 heavy (non-hydrogen) atoms. The van der Waals surface area contributed by atoms with Crippen LogP contribution in [0.2, 0.25) is 0 Å². The molecule has 1 aliphatic heterocycles. The Labute approximate surface area is 107 Å². The number of nitrogens with zero attached hydrogens (tertiary/aromatic N) is 2. The molecule has 0 amide bonds. The molecule has 0 aliphatic carbocycles. The smallest absolute Gasteiger partial charge is 0.150 e. The second-order valence-electron chi connectivity index (χ2n) is 5.02. The molecule has 0 bridgehead atoms. The number of hydrogen-bond donors (Lipinski definition) is 0. The lowest BCUT2D eigenvalue weighted by molar-refractivity contribution is 0.0644. The van der Waals surface area contributed by atoms with Crippen LogP contribution < -0.4 is 4.90 Å². The summed E-state index contributed by atoms with van der Waals surface area (Å²) in [7, 11) is 0. The van der Waals surface area contributed by atoms with E-state index in [0.717, 1.165) is 18.5 Å². The molecule has 1 aromatic rings. The summed E-state index contributed by atoms with van der Waals surface area (Å²) in [5.41, 5.74) is 1.79. The van der Waals surface area contributed by atoms with Gasteiger partial charge in [-0.1, -0.05) is 0 Å². The van der Waals surface area contributed by atoms with Crippen molar-refractivity contribution in [3.63, 3.8) is 0 Å². The Morgan fingerprint density at radius 2 is 2.28 bits per heavy atom. The molecule has 0 N–H and O–H groups in total. The predicted molar refractivity (Wildman–Crippen MR) is 68.8 cm³/mol. The van der Waals surface area contributed by atoms with Crippen molar-refractivity contribution in [2.75, 3.05) is 24.7 Å². The van der Waals surface area contributed by atoms with Gasteiger partial charge in [0.2, 0.25) is 0 Å². The van der Waals surface area contributed by atoms with Gasteiger partial charge >= 0.3 is 0 Å². The van der Waals surface area contributed by atoms with Crippen molar-refractivity contribution in [1.29, 1.82) is 5.26 Å². The summed E-state index contributed by atoms with van der Waals surface area (Å²) in [4.78, 5) is 12.9. The molecule has 2 rings (SSSR count). The maximum atomic E-state index is 10.7. The number of rotatable bonds is 2. The first-order chi connectivity index (χ1) is 8.58. The minimum atomic E-state index is -0.146. The first-order valence-electron chi connectivity index (χ1n) is 5.93. The Balaban J connectivity index is 2.44. The maximum Gasteiger partial charge on any atom is 0.150 e. The Morgan fingerprint density at radius 3 is 2.89 bits per heavy atom. The molecule has 1 aromatic carbocycles. The summed E-state index contributed by atoms with van der Waals surface area (Å²) in [6.07, 6.45) is 0.759. The summed E-state index contributed by atoms with van der Waals surface area (Å²) in [5.74, 6) is 0. The molecule has 1 heterocycles.